The number of nitrogens with one attached hydrogen (secondary N) is 2. The van der Waals surface area contributed by atoms with Gasteiger partial charge in [0.05, 0.1) is 6.61 Å². The third-order valence-corrected chi connectivity index (χ3v) is 2.97. The summed E-state index contributed by atoms with van der Waals surface area (Å²) >= 11 is 0. The molecule has 0 rings (SSSR count). The van der Waals surface area contributed by atoms with Gasteiger partial charge in [-0.1, -0.05) is 19.8 Å². The lowest BCUT2D eigenvalue weighted by Crippen LogP contribution is -2.48. The van der Waals surface area contributed by atoms with E-state index < -0.39 is 28.3 Å². The zero-order valence-corrected chi connectivity index (χ0v) is 11.1. The van der Waals surface area contributed by atoms with E-state index >= 15 is 0 Å². The van der Waals surface area contributed by atoms with Crippen LogP contribution in [0, 0.1) is 0 Å². The third kappa shape index (κ3) is 7.07. The van der Waals surface area contributed by atoms with Gasteiger partial charge in [0.25, 0.3) is 0 Å². The summed E-state index contributed by atoms with van der Waals surface area (Å²) in [6.45, 7) is 3.38. The molecule has 0 aliphatic rings. The van der Waals surface area contributed by atoms with Gasteiger partial charge in [0, 0.05) is 0 Å². The standard InChI is InChI=1S/C9H18N2O6S/c1-3-5-6-7(8(12)13)10-18(15,16)11-9(14)17-4-2/h7,10H,3-6H2,1-2H3,(H,11,14)(H,12,13). The van der Waals surface area contributed by atoms with Gasteiger partial charge in [0.2, 0.25) is 0 Å². The van der Waals surface area contributed by atoms with Crippen molar-refractivity contribution in [3.05, 3.63) is 0 Å². The topological polar surface area (TPSA) is 122 Å². The molecule has 1 amide bonds. The molecule has 0 saturated heterocycles. The minimum atomic E-state index is -4.23. The summed E-state index contributed by atoms with van der Waals surface area (Å²) in [5.41, 5.74) is 0. The maximum atomic E-state index is 11.4. The van der Waals surface area contributed by atoms with Crippen LogP contribution in [0.25, 0.3) is 0 Å². The normalized spacial score (nSPS) is 12.8. The van der Waals surface area contributed by atoms with Crippen LogP contribution in [-0.2, 0) is 19.7 Å². The second kappa shape index (κ2) is 7.88. The summed E-state index contributed by atoms with van der Waals surface area (Å²) in [6, 6.07) is -1.27. The van der Waals surface area contributed by atoms with Crippen LogP contribution in [0.1, 0.15) is 33.1 Å². The summed E-state index contributed by atoms with van der Waals surface area (Å²) in [4.78, 5) is 21.7. The number of ether oxygens (including phenoxy) is 1. The maximum absolute atomic E-state index is 11.4. The Labute approximate surface area is 106 Å². The van der Waals surface area contributed by atoms with Crippen molar-refractivity contribution in [1.82, 2.24) is 9.44 Å². The molecule has 0 aromatic carbocycles. The van der Waals surface area contributed by atoms with Gasteiger partial charge in [-0.2, -0.15) is 13.1 Å². The van der Waals surface area contributed by atoms with Crippen LogP contribution in [0.3, 0.4) is 0 Å². The van der Waals surface area contributed by atoms with Crippen LogP contribution in [0.2, 0.25) is 0 Å². The van der Waals surface area contributed by atoms with Crippen molar-refractivity contribution in [2.45, 2.75) is 39.2 Å². The first kappa shape index (κ1) is 16.6. The van der Waals surface area contributed by atoms with E-state index in [0.29, 0.717) is 6.42 Å². The lowest BCUT2D eigenvalue weighted by Gasteiger charge is -2.14. The van der Waals surface area contributed by atoms with Gasteiger partial charge in [-0.25, -0.2) is 9.52 Å². The molecule has 0 heterocycles. The van der Waals surface area contributed by atoms with Crippen molar-refractivity contribution in [3.63, 3.8) is 0 Å². The zero-order valence-electron chi connectivity index (χ0n) is 10.3. The molecule has 0 aromatic rings. The molecule has 0 aliphatic carbocycles. The number of carboxylic acid groups (broad SMARTS) is 1. The summed E-state index contributed by atoms with van der Waals surface area (Å²) < 4.78 is 30.6. The van der Waals surface area contributed by atoms with E-state index in [0.717, 1.165) is 6.42 Å². The molecule has 1 unspecified atom stereocenters. The molecular weight excluding hydrogens is 264 g/mol. The lowest BCUT2D eigenvalue weighted by atomic mass is 10.1. The first-order valence-electron chi connectivity index (χ1n) is 5.52. The largest absolute Gasteiger partial charge is 0.480 e. The van der Waals surface area contributed by atoms with E-state index in [-0.39, 0.29) is 13.0 Å². The highest BCUT2D eigenvalue weighted by Gasteiger charge is 2.24. The summed E-state index contributed by atoms with van der Waals surface area (Å²) in [5, 5.41) is 8.83. The molecule has 0 radical (unpaired) electrons. The van der Waals surface area contributed by atoms with Crippen molar-refractivity contribution in [2.75, 3.05) is 6.61 Å². The average Bonchev–Trinajstić information content (AvgIpc) is 2.23. The van der Waals surface area contributed by atoms with Crippen molar-refractivity contribution in [3.8, 4) is 0 Å². The number of aliphatic carboxylic acids is 1. The van der Waals surface area contributed by atoms with Crippen LogP contribution in [0.4, 0.5) is 4.79 Å². The smallest absolute Gasteiger partial charge is 0.421 e. The maximum Gasteiger partial charge on any atom is 0.421 e. The molecule has 18 heavy (non-hydrogen) atoms. The minimum Gasteiger partial charge on any atom is -0.480 e. The van der Waals surface area contributed by atoms with E-state index in [1.807, 2.05) is 11.6 Å². The number of amides is 1. The highest BCUT2D eigenvalue weighted by atomic mass is 32.2. The van der Waals surface area contributed by atoms with Gasteiger partial charge in [0.1, 0.15) is 6.04 Å². The molecule has 0 aliphatic heterocycles. The predicted molar refractivity (Wildman–Crippen MR) is 63.2 cm³/mol. The van der Waals surface area contributed by atoms with Gasteiger partial charge in [-0.3, -0.25) is 4.79 Å². The number of carboxylic acids is 1. The van der Waals surface area contributed by atoms with Crippen LogP contribution in [0.15, 0.2) is 0 Å². The van der Waals surface area contributed by atoms with Gasteiger partial charge in [0.15, 0.2) is 0 Å². The van der Waals surface area contributed by atoms with E-state index in [1.165, 1.54) is 6.92 Å². The molecule has 106 valence electrons. The zero-order chi connectivity index (χ0) is 14.2. The number of hydrogen-bond acceptors (Lipinski definition) is 5. The number of hydrogen-bond donors (Lipinski definition) is 3. The SMILES string of the molecule is CCCCC(NS(=O)(=O)NC(=O)OCC)C(=O)O. The fraction of sp³-hybridized carbons (Fsp3) is 0.778. The van der Waals surface area contributed by atoms with Gasteiger partial charge < -0.3 is 9.84 Å². The number of carbonyl (C=O) groups is 2. The molecule has 1 atom stereocenters. The summed E-state index contributed by atoms with van der Waals surface area (Å²) in [6.07, 6.45) is 0.287. The molecule has 8 nitrogen and oxygen atoms in total. The van der Waals surface area contributed by atoms with E-state index in [4.69, 9.17) is 5.11 Å². The van der Waals surface area contributed by atoms with Crippen LogP contribution < -0.4 is 9.44 Å². The third-order valence-electron chi connectivity index (χ3n) is 1.93. The lowest BCUT2D eigenvalue weighted by molar-refractivity contribution is -0.139. The molecule has 0 fully saturated rings. The van der Waals surface area contributed by atoms with E-state index in [2.05, 4.69) is 4.74 Å². The second-order valence-electron chi connectivity index (χ2n) is 3.48. The Morgan fingerprint density at radius 2 is 1.94 bits per heavy atom. The van der Waals surface area contributed by atoms with Crippen LogP contribution >= 0.6 is 0 Å². The quantitative estimate of drug-likeness (QED) is 0.585. The Bertz CT molecular complexity index is 381. The van der Waals surface area contributed by atoms with E-state index in [9.17, 15) is 18.0 Å². The van der Waals surface area contributed by atoms with Crippen molar-refractivity contribution in [2.24, 2.45) is 0 Å². The predicted octanol–water partition coefficient (Wildman–Crippen LogP) is 0.210. The molecule has 0 saturated carbocycles. The van der Waals surface area contributed by atoms with Crippen LogP contribution in [0.5, 0.6) is 0 Å². The molecule has 0 bridgehead atoms. The molecule has 9 heteroatoms. The highest BCUT2D eigenvalue weighted by molar-refractivity contribution is 7.88. The number of unbranched alkanes of at least 4 members (excludes halogenated alkanes) is 1. The van der Waals surface area contributed by atoms with Crippen molar-refractivity contribution >= 4 is 22.3 Å². The van der Waals surface area contributed by atoms with Crippen molar-refractivity contribution < 1.29 is 27.9 Å². The fourth-order valence-corrected chi connectivity index (χ4v) is 2.06. The Morgan fingerprint density at radius 1 is 1.33 bits per heavy atom. The fourth-order valence-electron chi connectivity index (χ4n) is 1.13. The monoisotopic (exact) mass is 282 g/mol. The number of carbonyl (C=O) groups excluding carboxylic acids is 1. The first-order valence-corrected chi connectivity index (χ1v) is 7.00. The number of rotatable bonds is 8. The van der Waals surface area contributed by atoms with Gasteiger partial charge in [-0.15, -0.1) is 0 Å². The summed E-state index contributed by atoms with van der Waals surface area (Å²) in [7, 11) is -4.23. The van der Waals surface area contributed by atoms with Gasteiger partial charge in [-0.05, 0) is 13.3 Å². The Balaban J connectivity index is 4.51. The molecule has 3 N–H and O–H groups in total. The molecular formula is C9H18N2O6S. The molecule has 0 spiro atoms. The Kier molecular flexibility index (Phi) is 7.29. The van der Waals surface area contributed by atoms with Crippen molar-refractivity contribution in [1.29, 1.82) is 0 Å². The second-order valence-corrected chi connectivity index (χ2v) is 4.92. The first-order chi connectivity index (χ1) is 8.32. The minimum absolute atomic E-state index is 0.0134. The Morgan fingerprint density at radius 3 is 2.39 bits per heavy atom. The average molecular weight is 282 g/mol. The molecule has 0 aromatic heterocycles. The van der Waals surface area contributed by atoms with Crippen LogP contribution in [-0.4, -0.2) is 38.2 Å². The summed E-state index contributed by atoms with van der Waals surface area (Å²) in [5.74, 6) is -1.29. The Hall–Kier alpha value is -1.35. The highest BCUT2D eigenvalue weighted by Crippen LogP contribution is 2.02. The van der Waals surface area contributed by atoms with Gasteiger partial charge >= 0.3 is 22.3 Å². The van der Waals surface area contributed by atoms with E-state index in [1.54, 1.807) is 4.72 Å².